The Labute approximate surface area is 131 Å². The van der Waals surface area contributed by atoms with Crippen LogP contribution in [0.5, 0.6) is 0 Å². The van der Waals surface area contributed by atoms with Crippen LogP contribution in [0.2, 0.25) is 0 Å². The van der Waals surface area contributed by atoms with Crippen molar-refractivity contribution in [3.8, 4) is 0 Å². The van der Waals surface area contributed by atoms with Gasteiger partial charge in [0.25, 0.3) is 0 Å². The normalized spacial score (nSPS) is 12.8. The Morgan fingerprint density at radius 3 is 2.81 bits per heavy atom. The number of thiazole rings is 1. The van der Waals surface area contributed by atoms with E-state index in [2.05, 4.69) is 43.2 Å². The van der Waals surface area contributed by atoms with Gasteiger partial charge in [-0.15, -0.1) is 11.3 Å². The molecule has 0 saturated carbocycles. The summed E-state index contributed by atoms with van der Waals surface area (Å²) in [6, 6.07) is 8.33. The van der Waals surface area contributed by atoms with E-state index < -0.39 is 0 Å². The molecule has 0 bridgehead atoms. The number of nitrogens with zero attached hydrogens (tertiary/aromatic N) is 1. The zero-order valence-corrected chi connectivity index (χ0v) is 13.8. The zero-order valence-electron chi connectivity index (χ0n) is 13.0. The largest absolute Gasteiger partial charge is 0.392 e. The van der Waals surface area contributed by atoms with Crippen molar-refractivity contribution in [3.05, 3.63) is 51.5 Å². The van der Waals surface area contributed by atoms with Crippen molar-refractivity contribution in [2.45, 2.75) is 46.4 Å². The van der Waals surface area contributed by atoms with Gasteiger partial charge in [0.05, 0.1) is 11.6 Å². The lowest BCUT2D eigenvalue weighted by molar-refractivity contribution is 0.281. The molecule has 0 spiro atoms. The van der Waals surface area contributed by atoms with Crippen molar-refractivity contribution in [2.75, 3.05) is 0 Å². The van der Waals surface area contributed by atoms with E-state index in [0.717, 1.165) is 18.5 Å². The Bertz CT molecular complexity index is 565. The quantitative estimate of drug-likeness (QED) is 0.820. The standard InChI is InChI=1S/C17H24N2OS/c1-12(2)7-17-19-10-16(21-17)9-18-13(3)15-6-4-5-14(8-15)11-20/h4-6,8,10,12-13,18,20H,7,9,11H2,1-3H3. The summed E-state index contributed by atoms with van der Waals surface area (Å²) in [7, 11) is 0. The van der Waals surface area contributed by atoms with Crippen LogP contribution in [0.4, 0.5) is 0 Å². The van der Waals surface area contributed by atoms with Gasteiger partial charge in [-0.05, 0) is 24.0 Å². The number of nitrogens with one attached hydrogen (secondary N) is 1. The van der Waals surface area contributed by atoms with Gasteiger partial charge in [0.15, 0.2) is 0 Å². The number of rotatable bonds is 7. The molecule has 2 aromatic rings. The second-order valence-corrected chi connectivity index (χ2v) is 7.02. The van der Waals surface area contributed by atoms with Crippen LogP contribution in [0.25, 0.3) is 0 Å². The van der Waals surface area contributed by atoms with Gasteiger partial charge >= 0.3 is 0 Å². The van der Waals surface area contributed by atoms with Gasteiger partial charge in [-0.1, -0.05) is 38.1 Å². The van der Waals surface area contributed by atoms with Crippen LogP contribution in [-0.4, -0.2) is 10.1 Å². The summed E-state index contributed by atoms with van der Waals surface area (Å²) < 4.78 is 0. The average Bonchev–Trinajstić information content (AvgIpc) is 2.91. The molecule has 0 fully saturated rings. The Hall–Kier alpha value is -1.23. The third kappa shape index (κ3) is 4.92. The number of aliphatic hydroxyl groups is 1. The fraction of sp³-hybridized carbons (Fsp3) is 0.471. The number of aromatic nitrogens is 1. The number of hydrogen-bond acceptors (Lipinski definition) is 4. The Morgan fingerprint density at radius 1 is 1.29 bits per heavy atom. The maximum absolute atomic E-state index is 9.20. The first kappa shape index (κ1) is 16.1. The molecular formula is C17H24N2OS. The van der Waals surface area contributed by atoms with E-state index in [9.17, 15) is 5.11 Å². The lowest BCUT2D eigenvalue weighted by atomic mass is 10.1. The molecule has 114 valence electrons. The van der Waals surface area contributed by atoms with Crippen molar-refractivity contribution in [1.82, 2.24) is 10.3 Å². The third-order valence-electron chi connectivity index (χ3n) is 3.40. The highest BCUT2D eigenvalue weighted by Gasteiger charge is 2.08. The summed E-state index contributed by atoms with van der Waals surface area (Å²) in [6.45, 7) is 7.51. The fourth-order valence-corrected chi connectivity index (χ4v) is 3.29. The molecule has 0 radical (unpaired) electrons. The third-order valence-corrected chi connectivity index (χ3v) is 4.42. The summed E-state index contributed by atoms with van der Waals surface area (Å²) in [5.74, 6) is 0.650. The van der Waals surface area contributed by atoms with Crippen LogP contribution in [0, 0.1) is 5.92 Å². The summed E-state index contributed by atoms with van der Waals surface area (Å²) in [6.07, 6.45) is 3.03. The van der Waals surface area contributed by atoms with Gasteiger partial charge in [0.1, 0.15) is 0 Å². The monoisotopic (exact) mass is 304 g/mol. The van der Waals surface area contributed by atoms with Crippen molar-refractivity contribution in [2.24, 2.45) is 5.92 Å². The molecular weight excluding hydrogens is 280 g/mol. The van der Waals surface area contributed by atoms with Gasteiger partial charge < -0.3 is 10.4 Å². The van der Waals surface area contributed by atoms with Crippen LogP contribution in [0.3, 0.4) is 0 Å². The molecule has 3 nitrogen and oxygen atoms in total. The molecule has 2 rings (SSSR count). The summed E-state index contributed by atoms with van der Waals surface area (Å²) in [5, 5.41) is 13.9. The molecule has 1 aromatic carbocycles. The van der Waals surface area contributed by atoms with Crippen molar-refractivity contribution in [3.63, 3.8) is 0 Å². The minimum Gasteiger partial charge on any atom is -0.392 e. The highest BCUT2D eigenvalue weighted by atomic mass is 32.1. The first-order valence-corrected chi connectivity index (χ1v) is 8.26. The van der Waals surface area contributed by atoms with Gasteiger partial charge in [-0.25, -0.2) is 4.98 Å². The molecule has 0 amide bonds. The topological polar surface area (TPSA) is 45.2 Å². The first-order valence-electron chi connectivity index (χ1n) is 7.45. The maximum Gasteiger partial charge on any atom is 0.0930 e. The molecule has 0 aliphatic heterocycles. The molecule has 1 aromatic heterocycles. The molecule has 0 aliphatic rings. The lowest BCUT2D eigenvalue weighted by Gasteiger charge is -2.14. The highest BCUT2D eigenvalue weighted by molar-refractivity contribution is 7.11. The van der Waals surface area contributed by atoms with Crippen LogP contribution >= 0.6 is 11.3 Å². The average molecular weight is 304 g/mol. The highest BCUT2D eigenvalue weighted by Crippen LogP contribution is 2.19. The van der Waals surface area contributed by atoms with E-state index in [1.54, 1.807) is 11.3 Å². The van der Waals surface area contributed by atoms with Gasteiger partial charge in [0.2, 0.25) is 0 Å². The summed E-state index contributed by atoms with van der Waals surface area (Å²) in [4.78, 5) is 5.75. The van der Waals surface area contributed by atoms with Crippen LogP contribution < -0.4 is 5.32 Å². The van der Waals surface area contributed by atoms with E-state index in [1.165, 1.54) is 15.4 Å². The maximum atomic E-state index is 9.20. The number of aliphatic hydroxyl groups excluding tert-OH is 1. The van der Waals surface area contributed by atoms with Crippen LogP contribution in [0.1, 0.15) is 47.8 Å². The number of benzene rings is 1. The minimum absolute atomic E-state index is 0.0912. The molecule has 21 heavy (non-hydrogen) atoms. The Balaban J connectivity index is 1.91. The second-order valence-electron chi connectivity index (χ2n) is 5.82. The zero-order chi connectivity index (χ0) is 15.2. The summed E-state index contributed by atoms with van der Waals surface area (Å²) >= 11 is 1.79. The van der Waals surface area contributed by atoms with Crippen LogP contribution in [0.15, 0.2) is 30.5 Å². The number of hydrogen-bond donors (Lipinski definition) is 2. The molecule has 1 atom stereocenters. The predicted octanol–water partition coefficient (Wildman–Crippen LogP) is 3.68. The Morgan fingerprint density at radius 2 is 2.10 bits per heavy atom. The van der Waals surface area contributed by atoms with E-state index in [4.69, 9.17) is 0 Å². The van der Waals surface area contributed by atoms with E-state index >= 15 is 0 Å². The second kappa shape index (κ2) is 7.69. The predicted molar refractivity (Wildman–Crippen MR) is 88.3 cm³/mol. The van der Waals surface area contributed by atoms with Crippen LogP contribution in [-0.2, 0) is 19.6 Å². The van der Waals surface area contributed by atoms with Crippen molar-refractivity contribution in [1.29, 1.82) is 0 Å². The minimum atomic E-state index is 0.0912. The fourth-order valence-electron chi connectivity index (χ4n) is 2.21. The van der Waals surface area contributed by atoms with E-state index in [-0.39, 0.29) is 12.6 Å². The molecule has 0 saturated heterocycles. The van der Waals surface area contributed by atoms with E-state index in [1.807, 2.05) is 18.3 Å². The molecule has 4 heteroatoms. The van der Waals surface area contributed by atoms with Gasteiger partial charge in [-0.2, -0.15) is 0 Å². The Kier molecular flexibility index (Phi) is 5.91. The molecule has 1 unspecified atom stereocenters. The lowest BCUT2D eigenvalue weighted by Crippen LogP contribution is -2.17. The SMILES string of the molecule is CC(C)Cc1ncc(CNC(C)c2cccc(CO)c2)s1. The van der Waals surface area contributed by atoms with Crippen molar-refractivity contribution < 1.29 is 5.11 Å². The van der Waals surface area contributed by atoms with E-state index in [0.29, 0.717) is 5.92 Å². The molecule has 0 aliphatic carbocycles. The smallest absolute Gasteiger partial charge is 0.0930 e. The van der Waals surface area contributed by atoms with Crippen molar-refractivity contribution >= 4 is 11.3 Å². The van der Waals surface area contributed by atoms with Gasteiger partial charge in [0, 0.05) is 30.1 Å². The molecule has 1 heterocycles. The first-order chi connectivity index (χ1) is 10.1. The summed E-state index contributed by atoms with van der Waals surface area (Å²) in [5.41, 5.74) is 2.16. The van der Waals surface area contributed by atoms with Gasteiger partial charge in [-0.3, -0.25) is 0 Å². The molecule has 2 N–H and O–H groups in total.